The normalized spacial score (nSPS) is 31.6. The fourth-order valence-electron chi connectivity index (χ4n) is 2.34. The molecule has 0 bridgehead atoms. The Labute approximate surface area is 103 Å². The lowest BCUT2D eigenvalue weighted by molar-refractivity contribution is 0.102. The van der Waals surface area contributed by atoms with Crippen LogP contribution in [0.25, 0.3) is 0 Å². The molecule has 0 radical (unpaired) electrons. The summed E-state index contributed by atoms with van der Waals surface area (Å²) in [6.07, 6.45) is 7.23. The summed E-state index contributed by atoms with van der Waals surface area (Å²) in [6.45, 7) is 19.6. The largest absolute Gasteiger partial charge is 0.0995 e. The van der Waals surface area contributed by atoms with E-state index in [2.05, 4.69) is 53.3 Å². The van der Waals surface area contributed by atoms with E-state index in [1.807, 2.05) is 13.8 Å². The van der Waals surface area contributed by atoms with E-state index < -0.39 is 0 Å². The molecule has 2 atom stereocenters. The van der Waals surface area contributed by atoms with Crippen LogP contribution >= 0.6 is 0 Å². The second-order valence-corrected chi connectivity index (χ2v) is 5.67. The van der Waals surface area contributed by atoms with Gasteiger partial charge >= 0.3 is 0 Å². The first-order chi connectivity index (χ1) is 7.32. The molecule has 0 nitrogen and oxygen atoms in total. The first kappa shape index (κ1) is 15.5. The summed E-state index contributed by atoms with van der Waals surface area (Å²) in [6, 6.07) is 0. The smallest absolute Gasteiger partial charge is 0.00231 e. The van der Waals surface area contributed by atoms with Gasteiger partial charge in [-0.05, 0) is 36.5 Å². The fraction of sp³-hybridized carbons (Fsp3) is 0.750. The van der Waals surface area contributed by atoms with Crippen LogP contribution in [0, 0.1) is 16.7 Å². The van der Waals surface area contributed by atoms with Crippen molar-refractivity contribution in [3.8, 4) is 0 Å². The molecule has 0 aromatic rings. The highest BCUT2D eigenvalue weighted by Gasteiger charge is 2.41. The van der Waals surface area contributed by atoms with Gasteiger partial charge in [0, 0.05) is 0 Å². The van der Waals surface area contributed by atoms with E-state index in [0.717, 1.165) is 0 Å². The molecule has 0 aliphatic heterocycles. The first-order valence-electron chi connectivity index (χ1n) is 6.67. The third-order valence-corrected chi connectivity index (χ3v) is 4.34. The molecule has 1 rings (SSSR count). The van der Waals surface area contributed by atoms with E-state index in [4.69, 9.17) is 0 Å². The van der Waals surface area contributed by atoms with Crippen LogP contribution in [0.4, 0.5) is 0 Å². The summed E-state index contributed by atoms with van der Waals surface area (Å²) in [7, 11) is 0. The summed E-state index contributed by atoms with van der Waals surface area (Å²) < 4.78 is 0. The van der Waals surface area contributed by atoms with Crippen molar-refractivity contribution in [3.05, 3.63) is 24.3 Å². The van der Waals surface area contributed by atoms with Crippen molar-refractivity contribution in [1.82, 2.24) is 0 Å². The van der Waals surface area contributed by atoms with E-state index in [0.29, 0.717) is 16.7 Å². The predicted molar refractivity (Wildman–Crippen MR) is 75.6 cm³/mol. The minimum absolute atomic E-state index is 0.360. The van der Waals surface area contributed by atoms with Gasteiger partial charge in [0.15, 0.2) is 0 Å². The molecule has 0 spiro atoms. The van der Waals surface area contributed by atoms with Crippen molar-refractivity contribution in [2.24, 2.45) is 16.7 Å². The molecule has 0 heteroatoms. The highest BCUT2D eigenvalue weighted by atomic mass is 14.5. The van der Waals surface area contributed by atoms with Gasteiger partial charge in [0.05, 0.1) is 0 Å². The van der Waals surface area contributed by atoms with Gasteiger partial charge in [0.1, 0.15) is 0 Å². The van der Waals surface area contributed by atoms with E-state index in [1.165, 1.54) is 18.4 Å². The second-order valence-electron chi connectivity index (χ2n) is 5.67. The average Bonchev–Trinajstić information content (AvgIpc) is 2.24. The molecule has 94 valence electrons. The van der Waals surface area contributed by atoms with E-state index in [-0.39, 0.29) is 0 Å². The van der Waals surface area contributed by atoms with Gasteiger partial charge in [-0.2, -0.15) is 0 Å². The molecule has 0 saturated heterocycles. The number of allylic oxidation sites excluding steroid dienone is 3. The molecule has 1 aliphatic rings. The molecular weight excluding hydrogens is 192 g/mol. The standard InChI is InChI=1S/C14H24.C2H6/c1-7-14(6)9-8-12(11(2)3)10-13(14,4)5;1-2/h8-9,12H,2,7,10H2,1,3-6H3;1-2H3. The van der Waals surface area contributed by atoms with Crippen molar-refractivity contribution in [2.75, 3.05) is 0 Å². The summed E-state index contributed by atoms with van der Waals surface area (Å²) in [5.41, 5.74) is 2.05. The topological polar surface area (TPSA) is 0 Å². The number of hydrogen-bond donors (Lipinski definition) is 0. The quantitative estimate of drug-likeness (QED) is 0.533. The minimum Gasteiger partial charge on any atom is -0.0995 e. The lowest BCUT2D eigenvalue weighted by Crippen LogP contribution is -2.37. The van der Waals surface area contributed by atoms with Crippen LogP contribution in [0.2, 0.25) is 0 Å². The van der Waals surface area contributed by atoms with Crippen molar-refractivity contribution >= 4 is 0 Å². The van der Waals surface area contributed by atoms with Crippen LogP contribution in [-0.2, 0) is 0 Å². The molecule has 0 aromatic carbocycles. The zero-order valence-electron chi connectivity index (χ0n) is 12.4. The summed E-state index contributed by atoms with van der Waals surface area (Å²) in [5, 5.41) is 0. The zero-order chi connectivity index (χ0) is 13.0. The van der Waals surface area contributed by atoms with Gasteiger partial charge in [-0.3, -0.25) is 0 Å². The van der Waals surface area contributed by atoms with Crippen molar-refractivity contribution in [2.45, 2.75) is 61.3 Å². The SMILES string of the molecule is C=C(C)C1C=CC(C)(CC)C(C)(C)C1.CC. The van der Waals surface area contributed by atoms with Gasteiger partial charge in [-0.25, -0.2) is 0 Å². The van der Waals surface area contributed by atoms with Gasteiger partial charge in [0.2, 0.25) is 0 Å². The highest BCUT2D eigenvalue weighted by molar-refractivity contribution is 5.18. The average molecular weight is 222 g/mol. The molecule has 0 aromatic heterocycles. The molecule has 0 amide bonds. The maximum Gasteiger partial charge on any atom is -0.00231 e. The molecule has 0 N–H and O–H groups in total. The molecule has 1 aliphatic carbocycles. The lowest BCUT2D eigenvalue weighted by atomic mass is 9.58. The Morgan fingerprint density at radius 2 is 1.81 bits per heavy atom. The third kappa shape index (κ3) is 2.99. The summed E-state index contributed by atoms with van der Waals surface area (Å²) in [5.74, 6) is 0.588. The first-order valence-corrected chi connectivity index (χ1v) is 6.67. The fourth-order valence-corrected chi connectivity index (χ4v) is 2.34. The Kier molecular flexibility index (Phi) is 5.52. The van der Waals surface area contributed by atoms with Gasteiger partial charge in [-0.1, -0.05) is 65.8 Å². The zero-order valence-corrected chi connectivity index (χ0v) is 12.4. The van der Waals surface area contributed by atoms with Crippen LogP contribution in [-0.4, -0.2) is 0 Å². The van der Waals surface area contributed by atoms with E-state index in [9.17, 15) is 0 Å². The maximum atomic E-state index is 4.07. The Hall–Kier alpha value is -0.520. The molecule has 16 heavy (non-hydrogen) atoms. The summed E-state index contributed by atoms with van der Waals surface area (Å²) in [4.78, 5) is 0. The number of hydrogen-bond acceptors (Lipinski definition) is 0. The Morgan fingerprint density at radius 3 is 2.12 bits per heavy atom. The van der Waals surface area contributed by atoms with Crippen LogP contribution in [0.15, 0.2) is 24.3 Å². The summed E-state index contributed by atoms with van der Waals surface area (Å²) >= 11 is 0. The van der Waals surface area contributed by atoms with Crippen LogP contribution in [0.5, 0.6) is 0 Å². The van der Waals surface area contributed by atoms with Gasteiger partial charge < -0.3 is 0 Å². The van der Waals surface area contributed by atoms with E-state index >= 15 is 0 Å². The predicted octanol–water partition coefficient (Wildman–Crippen LogP) is 5.61. The van der Waals surface area contributed by atoms with Gasteiger partial charge in [0.25, 0.3) is 0 Å². The molecule has 2 unspecified atom stereocenters. The van der Waals surface area contributed by atoms with Gasteiger partial charge in [-0.15, -0.1) is 0 Å². The minimum atomic E-state index is 0.360. The number of rotatable bonds is 2. The highest BCUT2D eigenvalue weighted by Crippen LogP contribution is 2.51. The van der Waals surface area contributed by atoms with Crippen molar-refractivity contribution in [1.29, 1.82) is 0 Å². The monoisotopic (exact) mass is 222 g/mol. The third-order valence-electron chi connectivity index (χ3n) is 4.34. The molecular formula is C16H30. The Balaban J connectivity index is 0.00000106. The van der Waals surface area contributed by atoms with Crippen molar-refractivity contribution < 1.29 is 0 Å². The van der Waals surface area contributed by atoms with Crippen LogP contribution < -0.4 is 0 Å². The maximum absolute atomic E-state index is 4.07. The van der Waals surface area contributed by atoms with Crippen molar-refractivity contribution in [3.63, 3.8) is 0 Å². The molecule has 0 fully saturated rings. The Morgan fingerprint density at radius 1 is 1.31 bits per heavy atom. The molecule has 0 heterocycles. The second kappa shape index (κ2) is 5.70. The lowest BCUT2D eigenvalue weighted by Gasteiger charge is -2.47. The van der Waals surface area contributed by atoms with Crippen LogP contribution in [0.1, 0.15) is 61.3 Å². The Bertz CT molecular complexity index is 257. The van der Waals surface area contributed by atoms with Crippen LogP contribution in [0.3, 0.4) is 0 Å². The van der Waals surface area contributed by atoms with E-state index in [1.54, 1.807) is 0 Å². The molecule has 0 saturated carbocycles.